The minimum Gasteiger partial charge on any atom is -0.872 e. The number of hydrogen-bond acceptors (Lipinski definition) is 6. The fourth-order valence-electron chi connectivity index (χ4n) is 3.48. The molecule has 0 amide bonds. The third-order valence-corrected chi connectivity index (χ3v) is 5.42. The summed E-state index contributed by atoms with van der Waals surface area (Å²) in [6.45, 7) is 10.2. The van der Waals surface area contributed by atoms with Crippen molar-refractivity contribution < 1.29 is 28.7 Å². The van der Waals surface area contributed by atoms with E-state index in [2.05, 4.69) is 13.8 Å². The summed E-state index contributed by atoms with van der Waals surface area (Å²) in [4.78, 5) is 26.3. The summed E-state index contributed by atoms with van der Waals surface area (Å²) in [5.74, 6) is 0.184. The topological polar surface area (TPSA) is 93.2 Å². The Morgan fingerprint density at radius 3 is 2.38 bits per heavy atom. The predicted molar refractivity (Wildman–Crippen MR) is 120 cm³/mol. The van der Waals surface area contributed by atoms with Crippen molar-refractivity contribution in [3.63, 3.8) is 0 Å². The first kappa shape index (κ1) is 23.3. The molecule has 170 valence electrons. The van der Waals surface area contributed by atoms with Gasteiger partial charge in [-0.05, 0) is 57.5 Å². The number of nitrogens with one attached hydrogen (secondary N) is 1. The van der Waals surface area contributed by atoms with E-state index >= 15 is 0 Å². The lowest BCUT2D eigenvalue weighted by Gasteiger charge is -2.21. The number of rotatable bonds is 9. The van der Waals surface area contributed by atoms with Crippen LogP contribution in [0.15, 0.2) is 45.6 Å². The Kier molecular flexibility index (Phi) is 7.53. The zero-order valence-corrected chi connectivity index (χ0v) is 18.9. The molecule has 7 heteroatoms. The van der Waals surface area contributed by atoms with Crippen molar-refractivity contribution in [2.24, 2.45) is 0 Å². The van der Waals surface area contributed by atoms with Gasteiger partial charge in [0, 0.05) is 5.56 Å². The van der Waals surface area contributed by atoms with E-state index in [0.29, 0.717) is 41.0 Å². The molecule has 0 aliphatic carbocycles. The summed E-state index contributed by atoms with van der Waals surface area (Å²) in [6.07, 6.45) is 0.746. The molecule has 0 atom stereocenters. The minimum absolute atomic E-state index is 0.0543. The third kappa shape index (κ3) is 4.94. The molecule has 0 saturated heterocycles. The van der Waals surface area contributed by atoms with Crippen molar-refractivity contribution in [1.82, 2.24) is 0 Å². The average molecular weight is 440 g/mol. The number of benzene rings is 2. The highest BCUT2D eigenvalue weighted by Gasteiger charge is 2.19. The van der Waals surface area contributed by atoms with E-state index in [4.69, 9.17) is 13.9 Å². The van der Waals surface area contributed by atoms with E-state index < -0.39 is 5.97 Å². The highest BCUT2D eigenvalue weighted by atomic mass is 16.5. The highest BCUT2D eigenvalue weighted by Crippen LogP contribution is 2.29. The zero-order valence-electron chi connectivity index (χ0n) is 18.9. The molecule has 0 bridgehead atoms. The number of quaternary nitrogens is 1. The molecule has 0 fully saturated rings. The zero-order chi connectivity index (χ0) is 23.3. The first-order valence-electron chi connectivity index (χ1n) is 10.9. The summed E-state index contributed by atoms with van der Waals surface area (Å²) in [5.41, 5.74) is 0.884. The van der Waals surface area contributed by atoms with Crippen LogP contribution in [0.4, 0.5) is 0 Å². The van der Waals surface area contributed by atoms with Crippen LogP contribution < -0.4 is 20.2 Å². The number of ether oxygens (including phenoxy) is 2. The van der Waals surface area contributed by atoms with E-state index in [-0.39, 0.29) is 22.7 Å². The van der Waals surface area contributed by atoms with Gasteiger partial charge >= 0.3 is 5.97 Å². The molecular formula is C25H29NO6. The van der Waals surface area contributed by atoms with E-state index in [9.17, 15) is 14.7 Å². The average Bonchev–Trinajstić information content (AvgIpc) is 2.80. The lowest BCUT2D eigenvalue weighted by molar-refractivity contribution is -0.910. The summed E-state index contributed by atoms with van der Waals surface area (Å²) in [6, 6.07) is 9.26. The first-order valence-corrected chi connectivity index (χ1v) is 10.9. The Balaban J connectivity index is 1.94. The number of aryl methyl sites for hydroxylation is 1. The molecule has 2 aromatic carbocycles. The number of esters is 1. The Bertz CT molecular complexity index is 1150. The second-order valence-corrected chi connectivity index (χ2v) is 7.63. The smallest absolute Gasteiger partial charge is 0.338 e. The molecule has 0 unspecified atom stereocenters. The van der Waals surface area contributed by atoms with Crippen LogP contribution in [0.5, 0.6) is 17.2 Å². The number of carbonyl (C=O) groups is 1. The molecule has 3 rings (SSSR count). The lowest BCUT2D eigenvalue weighted by Crippen LogP contribution is -3.10. The SMILES string of the molecule is CCCOC(=O)c1ccc(Oc2c(C)oc3c(C[NH+](CC)CC)c([O-])ccc3c2=O)cc1. The maximum atomic E-state index is 13.2. The lowest BCUT2D eigenvalue weighted by atomic mass is 10.1. The fraction of sp³-hybridized carbons (Fsp3) is 0.360. The van der Waals surface area contributed by atoms with Crippen LogP contribution in [0.3, 0.4) is 0 Å². The Morgan fingerprint density at radius 1 is 1.06 bits per heavy atom. The van der Waals surface area contributed by atoms with E-state index in [0.717, 1.165) is 19.5 Å². The highest BCUT2D eigenvalue weighted by molar-refractivity contribution is 5.89. The van der Waals surface area contributed by atoms with Crippen molar-refractivity contribution in [2.75, 3.05) is 19.7 Å². The van der Waals surface area contributed by atoms with Crippen LogP contribution in [-0.2, 0) is 11.3 Å². The summed E-state index contributed by atoms with van der Waals surface area (Å²) in [7, 11) is 0. The van der Waals surface area contributed by atoms with E-state index in [1.807, 2.05) is 6.92 Å². The Labute approximate surface area is 187 Å². The molecule has 1 aromatic heterocycles. The van der Waals surface area contributed by atoms with Gasteiger partial charge in [-0.1, -0.05) is 18.7 Å². The van der Waals surface area contributed by atoms with Crippen LogP contribution in [0.2, 0.25) is 0 Å². The second kappa shape index (κ2) is 10.3. The largest absolute Gasteiger partial charge is 0.872 e. The summed E-state index contributed by atoms with van der Waals surface area (Å²) >= 11 is 0. The van der Waals surface area contributed by atoms with Crippen LogP contribution in [0, 0.1) is 6.92 Å². The van der Waals surface area contributed by atoms with Gasteiger partial charge in [-0.15, -0.1) is 0 Å². The van der Waals surface area contributed by atoms with Gasteiger partial charge in [-0.2, -0.15) is 0 Å². The van der Waals surface area contributed by atoms with Gasteiger partial charge in [0.05, 0.1) is 30.6 Å². The van der Waals surface area contributed by atoms with Gasteiger partial charge in [-0.3, -0.25) is 4.79 Å². The predicted octanol–water partition coefficient (Wildman–Crippen LogP) is 2.96. The molecule has 3 aromatic rings. The Hall–Kier alpha value is -3.32. The van der Waals surface area contributed by atoms with Crippen LogP contribution in [0.1, 0.15) is 48.9 Å². The monoisotopic (exact) mass is 439 g/mol. The van der Waals surface area contributed by atoms with Crippen molar-refractivity contribution in [1.29, 1.82) is 0 Å². The Morgan fingerprint density at radius 2 is 1.75 bits per heavy atom. The summed E-state index contributed by atoms with van der Waals surface area (Å²) in [5, 5.41) is 12.8. The maximum absolute atomic E-state index is 13.2. The molecular weight excluding hydrogens is 410 g/mol. The third-order valence-electron chi connectivity index (χ3n) is 5.42. The standard InChI is InChI=1S/C25H29NO6/c1-5-14-30-25(29)17-8-10-18(11-9-17)32-23-16(4)31-24-19(22(23)28)12-13-21(27)20(24)15-26(6-2)7-3/h8-13,27H,5-7,14-15H2,1-4H3. The minimum atomic E-state index is -0.406. The molecule has 0 aliphatic heterocycles. The van der Waals surface area contributed by atoms with Crippen molar-refractivity contribution >= 4 is 16.9 Å². The number of fused-ring (bicyclic) bond motifs is 1. The number of carbonyl (C=O) groups excluding carboxylic acids is 1. The molecule has 0 radical (unpaired) electrons. The molecule has 0 saturated carbocycles. The quantitative estimate of drug-likeness (QED) is 0.515. The maximum Gasteiger partial charge on any atom is 0.338 e. The van der Waals surface area contributed by atoms with Gasteiger partial charge in [0.2, 0.25) is 11.2 Å². The first-order chi connectivity index (χ1) is 15.4. The van der Waals surface area contributed by atoms with Gasteiger partial charge in [0.25, 0.3) is 0 Å². The van der Waals surface area contributed by atoms with Gasteiger partial charge < -0.3 is 23.9 Å². The van der Waals surface area contributed by atoms with Crippen LogP contribution in [0.25, 0.3) is 11.0 Å². The van der Waals surface area contributed by atoms with Gasteiger partial charge in [0.15, 0.2) is 0 Å². The van der Waals surface area contributed by atoms with Gasteiger partial charge in [0.1, 0.15) is 23.6 Å². The summed E-state index contributed by atoms with van der Waals surface area (Å²) < 4.78 is 16.9. The molecule has 0 aliphatic rings. The van der Waals surface area contributed by atoms with Gasteiger partial charge in [-0.25, -0.2) is 4.79 Å². The second-order valence-electron chi connectivity index (χ2n) is 7.63. The van der Waals surface area contributed by atoms with Crippen molar-refractivity contribution in [3.05, 3.63) is 63.5 Å². The van der Waals surface area contributed by atoms with Crippen molar-refractivity contribution in [3.8, 4) is 17.2 Å². The molecule has 0 spiro atoms. The van der Waals surface area contributed by atoms with Crippen LogP contribution >= 0.6 is 0 Å². The number of hydrogen-bond donors (Lipinski definition) is 1. The molecule has 1 N–H and O–H groups in total. The normalized spacial score (nSPS) is 11.2. The van der Waals surface area contributed by atoms with Crippen LogP contribution in [-0.4, -0.2) is 25.7 Å². The molecule has 32 heavy (non-hydrogen) atoms. The van der Waals surface area contributed by atoms with Crippen molar-refractivity contribution in [2.45, 2.75) is 40.7 Å². The molecule has 7 nitrogen and oxygen atoms in total. The van der Waals surface area contributed by atoms with E-state index in [1.165, 1.54) is 17.0 Å². The molecule has 1 heterocycles. The fourth-order valence-corrected chi connectivity index (χ4v) is 3.48. The van der Waals surface area contributed by atoms with E-state index in [1.54, 1.807) is 31.2 Å².